The van der Waals surface area contributed by atoms with Crippen molar-refractivity contribution < 1.29 is 9.53 Å². The first-order chi connectivity index (χ1) is 9.75. The van der Waals surface area contributed by atoms with Gasteiger partial charge >= 0.3 is 0 Å². The number of anilines is 2. The fraction of sp³-hybridized carbons (Fsp3) is 0.188. The molecule has 20 heavy (non-hydrogen) atoms. The van der Waals surface area contributed by atoms with Crippen LogP contribution in [0, 0.1) is 0 Å². The molecule has 4 nitrogen and oxygen atoms in total. The van der Waals surface area contributed by atoms with Gasteiger partial charge in [0.15, 0.2) is 5.78 Å². The lowest BCUT2D eigenvalue weighted by Crippen LogP contribution is -2.37. The van der Waals surface area contributed by atoms with Crippen LogP contribution >= 0.6 is 0 Å². The monoisotopic (exact) mass is 268 g/mol. The summed E-state index contributed by atoms with van der Waals surface area (Å²) in [6, 6.07) is 14.9. The van der Waals surface area contributed by atoms with Crippen molar-refractivity contribution in [2.45, 2.75) is 0 Å². The van der Waals surface area contributed by atoms with Gasteiger partial charge in [0.25, 0.3) is 0 Å². The van der Waals surface area contributed by atoms with Crippen LogP contribution in [-0.4, -0.2) is 25.5 Å². The van der Waals surface area contributed by atoms with Crippen molar-refractivity contribution in [2.75, 3.05) is 30.3 Å². The minimum atomic E-state index is 0.0849. The normalized spacial score (nSPS) is 13.5. The van der Waals surface area contributed by atoms with E-state index < -0.39 is 0 Å². The third-order valence-electron chi connectivity index (χ3n) is 3.40. The van der Waals surface area contributed by atoms with Crippen LogP contribution < -0.4 is 15.4 Å². The highest BCUT2D eigenvalue weighted by atomic mass is 16.5. The number of rotatable bonds is 3. The number of fused-ring (bicyclic) bond motifs is 1. The summed E-state index contributed by atoms with van der Waals surface area (Å²) < 4.78 is 5.59. The third-order valence-corrected chi connectivity index (χ3v) is 3.40. The van der Waals surface area contributed by atoms with E-state index in [4.69, 9.17) is 10.5 Å². The Hall–Kier alpha value is -2.49. The molecular formula is C16H16N2O2. The molecule has 1 heterocycles. The van der Waals surface area contributed by atoms with Gasteiger partial charge in [0.05, 0.1) is 18.8 Å². The predicted octanol–water partition coefficient (Wildman–Crippen LogP) is 2.35. The first-order valence-electron chi connectivity index (χ1n) is 6.60. The summed E-state index contributed by atoms with van der Waals surface area (Å²) in [6.45, 7) is 1.55. The average molecular weight is 268 g/mol. The van der Waals surface area contributed by atoms with Crippen LogP contribution in [-0.2, 0) is 0 Å². The molecule has 0 atom stereocenters. The second-order valence-corrected chi connectivity index (χ2v) is 4.75. The first-order valence-corrected chi connectivity index (χ1v) is 6.60. The van der Waals surface area contributed by atoms with Crippen LogP contribution in [0.15, 0.2) is 48.5 Å². The molecule has 0 bridgehead atoms. The molecule has 0 unspecified atom stereocenters. The minimum Gasteiger partial charge on any atom is -0.489 e. The topological polar surface area (TPSA) is 55.6 Å². The zero-order chi connectivity index (χ0) is 13.9. The Kier molecular flexibility index (Phi) is 3.29. The molecule has 1 aliphatic heterocycles. The van der Waals surface area contributed by atoms with Gasteiger partial charge in [-0.2, -0.15) is 0 Å². The molecule has 102 valence electrons. The molecule has 4 heteroatoms. The molecule has 0 amide bonds. The molecule has 0 saturated carbocycles. The number of ketones is 1. The Morgan fingerprint density at radius 2 is 1.95 bits per heavy atom. The summed E-state index contributed by atoms with van der Waals surface area (Å²) in [6.07, 6.45) is 0. The number of ether oxygens (including phenoxy) is 1. The number of nitrogen functional groups attached to an aromatic ring is 1. The quantitative estimate of drug-likeness (QED) is 0.686. The molecule has 0 saturated heterocycles. The van der Waals surface area contributed by atoms with Crippen LogP contribution in [0.3, 0.4) is 0 Å². The fourth-order valence-corrected chi connectivity index (χ4v) is 2.42. The summed E-state index contributed by atoms with van der Waals surface area (Å²) in [5.41, 5.74) is 8.19. The van der Waals surface area contributed by atoms with Gasteiger partial charge in [-0.15, -0.1) is 0 Å². The van der Waals surface area contributed by atoms with Crippen LogP contribution in [0.1, 0.15) is 10.4 Å². The lowest BCUT2D eigenvalue weighted by Gasteiger charge is -2.31. The smallest absolute Gasteiger partial charge is 0.182 e. The Bertz CT molecular complexity index is 626. The Balaban J connectivity index is 1.85. The van der Waals surface area contributed by atoms with Gasteiger partial charge in [0, 0.05) is 5.56 Å². The number of nitrogens with zero attached hydrogens (tertiary/aromatic N) is 1. The van der Waals surface area contributed by atoms with Crippen molar-refractivity contribution in [3.8, 4) is 5.75 Å². The number of carbonyl (C=O) groups excluding carboxylic acids is 1. The van der Waals surface area contributed by atoms with E-state index in [1.165, 1.54) is 0 Å². The maximum atomic E-state index is 12.3. The standard InChI is InChI=1S/C16H16N2O2/c17-13-7-4-8-15-16(13)18(9-10-20-15)11-14(19)12-5-2-1-3-6-12/h1-8H,9-11,17H2. The fourth-order valence-electron chi connectivity index (χ4n) is 2.42. The molecule has 2 N–H and O–H groups in total. The molecule has 0 fully saturated rings. The maximum absolute atomic E-state index is 12.3. The van der Waals surface area contributed by atoms with Gasteiger partial charge in [-0.1, -0.05) is 36.4 Å². The zero-order valence-corrected chi connectivity index (χ0v) is 11.1. The Labute approximate surface area is 117 Å². The molecule has 0 spiro atoms. The minimum absolute atomic E-state index is 0.0849. The van der Waals surface area contributed by atoms with Gasteiger partial charge in [0.2, 0.25) is 0 Å². The van der Waals surface area contributed by atoms with Crippen LogP contribution in [0.25, 0.3) is 0 Å². The van der Waals surface area contributed by atoms with Crippen molar-refractivity contribution >= 4 is 17.2 Å². The summed E-state index contributed by atoms with van der Waals surface area (Å²) in [4.78, 5) is 14.3. The number of hydrogen-bond acceptors (Lipinski definition) is 4. The van der Waals surface area contributed by atoms with E-state index in [9.17, 15) is 4.79 Å². The summed E-state index contributed by atoms with van der Waals surface area (Å²) >= 11 is 0. The molecule has 0 aromatic heterocycles. The highest BCUT2D eigenvalue weighted by molar-refractivity contribution is 6.00. The lowest BCUT2D eigenvalue weighted by atomic mass is 10.1. The number of para-hydroxylation sites is 1. The molecule has 3 rings (SSSR count). The van der Waals surface area contributed by atoms with Gasteiger partial charge in [0.1, 0.15) is 18.0 Å². The second-order valence-electron chi connectivity index (χ2n) is 4.75. The molecule has 0 aliphatic carbocycles. The molecule has 2 aromatic rings. The number of carbonyl (C=O) groups is 1. The van der Waals surface area contributed by atoms with E-state index in [0.717, 1.165) is 17.0 Å². The van der Waals surface area contributed by atoms with E-state index >= 15 is 0 Å². The van der Waals surface area contributed by atoms with E-state index in [-0.39, 0.29) is 5.78 Å². The van der Waals surface area contributed by atoms with E-state index in [0.29, 0.717) is 25.4 Å². The number of nitrogens with two attached hydrogens (primary N) is 1. The van der Waals surface area contributed by atoms with Crippen LogP contribution in [0.2, 0.25) is 0 Å². The first kappa shape index (κ1) is 12.5. The van der Waals surface area contributed by atoms with Crippen LogP contribution in [0.4, 0.5) is 11.4 Å². The van der Waals surface area contributed by atoms with Crippen molar-refractivity contribution in [2.24, 2.45) is 0 Å². The zero-order valence-electron chi connectivity index (χ0n) is 11.1. The predicted molar refractivity (Wildman–Crippen MR) is 79.3 cm³/mol. The molecular weight excluding hydrogens is 252 g/mol. The number of benzene rings is 2. The SMILES string of the molecule is Nc1cccc2c1N(CC(=O)c1ccccc1)CCO2. The van der Waals surface area contributed by atoms with Gasteiger partial charge < -0.3 is 15.4 Å². The van der Waals surface area contributed by atoms with Crippen molar-refractivity contribution in [1.29, 1.82) is 0 Å². The Morgan fingerprint density at radius 3 is 2.75 bits per heavy atom. The number of hydrogen-bond donors (Lipinski definition) is 1. The van der Waals surface area contributed by atoms with Gasteiger partial charge in [-0.3, -0.25) is 4.79 Å². The summed E-state index contributed by atoms with van der Waals surface area (Å²) in [5.74, 6) is 0.832. The van der Waals surface area contributed by atoms with Gasteiger partial charge in [-0.25, -0.2) is 0 Å². The maximum Gasteiger partial charge on any atom is 0.182 e. The number of Topliss-reactive ketones (excluding diaryl/α,β-unsaturated/α-hetero) is 1. The average Bonchev–Trinajstić information content (AvgIpc) is 2.48. The van der Waals surface area contributed by atoms with E-state index in [1.54, 1.807) is 0 Å². The highest BCUT2D eigenvalue weighted by Gasteiger charge is 2.22. The summed E-state index contributed by atoms with van der Waals surface area (Å²) in [5, 5.41) is 0. The van der Waals surface area contributed by atoms with Crippen molar-refractivity contribution in [3.63, 3.8) is 0 Å². The highest BCUT2D eigenvalue weighted by Crippen LogP contribution is 2.36. The van der Waals surface area contributed by atoms with Crippen LogP contribution in [0.5, 0.6) is 5.75 Å². The molecule has 0 radical (unpaired) electrons. The largest absolute Gasteiger partial charge is 0.489 e. The molecule has 2 aromatic carbocycles. The summed E-state index contributed by atoms with van der Waals surface area (Å²) in [7, 11) is 0. The Morgan fingerprint density at radius 1 is 1.15 bits per heavy atom. The van der Waals surface area contributed by atoms with Gasteiger partial charge in [-0.05, 0) is 12.1 Å². The van der Waals surface area contributed by atoms with E-state index in [1.807, 2.05) is 53.4 Å². The van der Waals surface area contributed by atoms with E-state index in [2.05, 4.69) is 0 Å². The lowest BCUT2D eigenvalue weighted by molar-refractivity contribution is 0.0997. The second kappa shape index (κ2) is 5.25. The molecule has 1 aliphatic rings. The van der Waals surface area contributed by atoms with Crippen molar-refractivity contribution in [1.82, 2.24) is 0 Å². The third kappa shape index (κ3) is 2.32. The van der Waals surface area contributed by atoms with Crippen molar-refractivity contribution in [3.05, 3.63) is 54.1 Å².